The number of halogens is 1. The van der Waals surface area contributed by atoms with Crippen LogP contribution in [0.5, 0.6) is 0 Å². The Morgan fingerprint density at radius 2 is 2.00 bits per heavy atom. The molecule has 5 nitrogen and oxygen atoms in total. The normalized spacial score (nSPS) is 11.0. The Kier molecular flexibility index (Phi) is 3.47. The summed E-state index contributed by atoms with van der Waals surface area (Å²) in [6.07, 6.45) is 1.49. The van der Waals surface area contributed by atoms with Crippen molar-refractivity contribution in [3.63, 3.8) is 0 Å². The fourth-order valence-electron chi connectivity index (χ4n) is 2.46. The number of nitrogens with zero attached hydrogens (tertiary/aromatic N) is 3. The summed E-state index contributed by atoms with van der Waals surface area (Å²) in [5, 5.41) is 12.6. The molecule has 0 aliphatic rings. The zero-order valence-electron chi connectivity index (χ0n) is 12.1. The zero-order valence-corrected chi connectivity index (χ0v) is 12.8. The van der Waals surface area contributed by atoms with E-state index in [1.165, 1.54) is 10.7 Å². The van der Waals surface area contributed by atoms with Gasteiger partial charge in [0, 0.05) is 22.3 Å². The van der Waals surface area contributed by atoms with Crippen LogP contribution in [-0.4, -0.2) is 14.6 Å². The molecule has 6 heteroatoms. The second kappa shape index (κ2) is 5.32. The minimum Gasteiger partial charge on any atom is -0.295 e. The average Bonchev–Trinajstić information content (AvgIpc) is 2.90. The number of nitrogens with one attached hydrogen (secondary N) is 1. The fourth-order valence-corrected chi connectivity index (χ4v) is 2.58. The second-order valence-corrected chi connectivity index (χ2v) is 5.74. The van der Waals surface area contributed by atoms with Crippen molar-refractivity contribution in [1.29, 1.82) is 5.26 Å². The van der Waals surface area contributed by atoms with E-state index in [1.807, 2.05) is 32.0 Å². The number of H-pyrrole nitrogens is 1. The van der Waals surface area contributed by atoms with Crippen molar-refractivity contribution in [3.05, 3.63) is 57.0 Å². The molecule has 110 valence electrons. The lowest BCUT2D eigenvalue weighted by atomic mass is 9.98. The molecule has 2 heterocycles. The Morgan fingerprint density at radius 3 is 2.59 bits per heavy atom. The predicted octanol–water partition coefficient (Wildman–Crippen LogP) is 3.34. The molecule has 1 aromatic carbocycles. The van der Waals surface area contributed by atoms with Gasteiger partial charge in [-0.3, -0.25) is 9.89 Å². The predicted molar refractivity (Wildman–Crippen MR) is 85.1 cm³/mol. The monoisotopic (exact) mass is 312 g/mol. The molecule has 3 rings (SSSR count). The van der Waals surface area contributed by atoms with E-state index >= 15 is 0 Å². The number of fused-ring (bicyclic) bond motifs is 1. The Balaban J connectivity index is 2.41. The summed E-state index contributed by atoms with van der Waals surface area (Å²) in [4.78, 5) is 17.3. The highest BCUT2D eigenvalue weighted by molar-refractivity contribution is 6.30. The molecule has 0 aliphatic heterocycles. The highest BCUT2D eigenvalue weighted by atomic mass is 35.5. The molecule has 0 aliphatic carbocycles. The van der Waals surface area contributed by atoms with Crippen molar-refractivity contribution >= 4 is 17.2 Å². The van der Waals surface area contributed by atoms with Crippen molar-refractivity contribution < 1.29 is 0 Å². The smallest absolute Gasteiger partial charge is 0.276 e. The van der Waals surface area contributed by atoms with Gasteiger partial charge in [-0.05, 0) is 18.1 Å². The molecule has 0 saturated heterocycles. The Bertz CT molecular complexity index is 945. The van der Waals surface area contributed by atoms with E-state index in [4.69, 9.17) is 16.9 Å². The SMILES string of the molecule is CC(C)c1c(-c2ccc(Cl)cc2)nc2c(C#N)c[nH]n2c1=O. The molecule has 1 N–H and O–H groups in total. The van der Waals surface area contributed by atoms with E-state index in [1.54, 1.807) is 12.1 Å². The van der Waals surface area contributed by atoms with Crippen LogP contribution in [0, 0.1) is 11.3 Å². The third-order valence-electron chi connectivity index (χ3n) is 3.51. The van der Waals surface area contributed by atoms with E-state index in [-0.39, 0.29) is 11.5 Å². The van der Waals surface area contributed by atoms with Crippen molar-refractivity contribution in [2.75, 3.05) is 0 Å². The first-order valence-corrected chi connectivity index (χ1v) is 7.20. The lowest BCUT2D eigenvalue weighted by molar-refractivity contribution is 0.797. The number of nitriles is 1. The summed E-state index contributed by atoms with van der Waals surface area (Å²) >= 11 is 5.92. The largest absolute Gasteiger partial charge is 0.295 e. The van der Waals surface area contributed by atoms with Gasteiger partial charge in [-0.15, -0.1) is 0 Å². The minimum absolute atomic E-state index is 0.00332. The number of benzene rings is 1. The quantitative estimate of drug-likeness (QED) is 0.788. The molecule has 0 amide bonds. The molecule has 3 aromatic rings. The lowest BCUT2D eigenvalue weighted by Crippen LogP contribution is -2.22. The highest BCUT2D eigenvalue weighted by Crippen LogP contribution is 2.27. The van der Waals surface area contributed by atoms with Gasteiger partial charge in [0.05, 0.1) is 5.69 Å². The number of hydrogen-bond acceptors (Lipinski definition) is 3. The van der Waals surface area contributed by atoms with E-state index in [0.717, 1.165) is 5.56 Å². The lowest BCUT2D eigenvalue weighted by Gasteiger charge is -2.12. The van der Waals surface area contributed by atoms with Crippen molar-refractivity contribution in [1.82, 2.24) is 14.6 Å². The summed E-state index contributed by atoms with van der Waals surface area (Å²) in [7, 11) is 0. The Morgan fingerprint density at radius 1 is 1.32 bits per heavy atom. The first-order valence-electron chi connectivity index (χ1n) is 6.83. The van der Waals surface area contributed by atoms with Crippen LogP contribution in [-0.2, 0) is 0 Å². The first-order chi connectivity index (χ1) is 10.5. The van der Waals surface area contributed by atoms with Gasteiger partial charge >= 0.3 is 0 Å². The van der Waals surface area contributed by atoms with Gasteiger partial charge in [0.15, 0.2) is 5.65 Å². The molecule has 0 atom stereocenters. The van der Waals surface area contributed by atoms with Crippen LogP contribution in [0.4, 0.5) is 0 Å². The summed E-state index contributed by atoms with van der Waals surface area (Å²) in [5.74, 6) is -0.00332. The van der Waals surface area contributed by atoms with Crippen LogP contribution < -0.4 is 5.56 Å². The van der Waals surface area contributed by atoms with Gasteiger partial charge < -0.3 is 0 Å². The van der Waals surface area contributed by atoms with Crippen LogP contribution in [0.2, 0.25) is 5.02 Å². The van der Waals surface area contributed by atoms with Crippen LogP contribution >= 0.6 is 11.6 Å². The first kappa shape index (κ1) is 14.4. The zero-order chi connectivity index (χ0) is 15.9. The van der Waals surface area contributed by atoms with E-state index in [2.05, 4.69) is 10.1 Å². The van der Waals surface area contributed by atoms with E-state index in [9.17, 15) is 4.79 Å². The number of rotatable bonds is 2. The van der Waals surface area contributed by atoms with Crippen LogP contribution in [0.1, 0.15) is 30.9 Å². The molecule has 0 unspecified atom stereocenters. The van der Waals surface area contributed by atoms with Crippen LogP contribution in [0.25, 0.3) is 16.9 Å². The molecule has 22 heavy (non-hydrogen) atoms. The third-order valence-corrected chi connectivity index (χ3v) is 3.76. The minimum atomic E-state index is -0.188. The maximum absolute atomic E-state index is 12.7. The molecule has 0 fully saturated rings. The molecule has 0 radical (unpaired) electrons. The molecular formula is C16H13ClN4O. The standard InChI is InChI=1S/C16H13ClN4O/c1-9(2)13-14(10-3-5-12(17)6-4-10)20-15-11(7-18)8-19-21(15)16(13)22/h3-6,8-9,19H,1-2H3. The van der Waals surface area contributed by atoms with Gasteiger partial charge in [-0.25, -0.2) is 9.50 Å². The molecule has 0 spiro atoms. The fraction of sp³-hybridized carbons (Fsp3) is 0.188. The summed E-state index contributed by atoms with van der Waals surface area (Å²) < 4.78 is 1.31. The van der Waals surface area contributed by atoms with E-state index < -0.39 is 0 Å². The number of aromatic nitrogens is 3. The number of aromatic amines is 1. The summed E-state index contributed by atoms with van der Waals surface area (Å²) in [6.45, 7) is 3.89. The van der Waals surface area contributed by atoms with Gasteiger partial charge in [-0.1, -0.05) is 37.6 Å². The molecule has 0 bridgehead atoms. The van der Waals surface area contributed by atoms with Crippen LogP contribution in [0.15, 0.2) is 35.3 Å². The Hall–Kier alpha value is -2.58. The molecule has 2 aromatic heterocycles. The van der Waals surface area contributed by atoms with Gasteiger partial charge in [0.1, 0.15) is 11.6 Å². The van der Waals surface area contributed by atoms with Crippen molar-refractivity contribution in [3.8, 4) is 17.3 Å². The van der Waals surface area contributed by atoms with Gasteiger partial charge in [0.2, 0.25) is 0 Å². The Labute approximate surface area is 131 Å². The molecular weight excluding hydrogens is 300 g/mol. The molecule has 0 saturated carbocycles. The van der Waals surface area contributed by atoms with E-state index in [0.29, 0.717) is 27.5 Å². The maximum atomic E-state index is 12.7. The van der Waals surface area contributed by atoms with Crippen molar-refractivity contribution in [2.24, 2.45) is 0 Å². The van der Waals surface area contributed by atoms with Gasteiger partial charge in [0.25, 0.3) is 5.56 Å². The summed E-state index contributed by atoms with van der Waals surface area (Å²) in [5.41, 5.74) is 2.48. The second-order valence-electron chi connectivity index (χ2n) is 5.30. The topological polar surface area (TPSA) is 73.9 Å². The third kappa shape index (κ3) is 2.18. The maximum Gasteiger partial charge on any atom is 0.276 e. The van der Waals surface area contributed by atoms with Gasteiger partial charge in [-0.2, -0.15) is 5.26 Å². The average molecular weight is 313 g/mol. The number of hydrogen-bond donors (Lipinski definition) is 1. The van der Waals surface area contributed by atoms with Crippen molar-refractivity contribution in [2.45, 2.75) is 19.8 Å². The summed E-state index contributed by atoms with van der Waals surface area (Å²) in [6, 6.07) is 9.20. The van der Waals surface area contributed by atoms with Crippen LogP contribution in [0.3, 0.4) is 0 Å². The highest BCUT2D eigenvalue weighted by Gasteiger charge is 2.19.